The molecule has 1 aliphatic carbocycles. The second kappa shape index (κ2) is 7.01. The zero-order valence-corrected chi connectivity index (χ0v) is 14.0. The molecule has 5 nitrogen and oxygen atoms in total. The number of sulfone groups is 1. The zero-order chi connectivity index (χ0) is 16.3. The summed E-state index contributed by atoms with van der Waals surface area (Å²) in [5.74, 6) is -0.0367. The van der Waals surface area contributed by atoms with Crippen LogP contribution in [-0.2, 0) is 19.4 Å². The van der Waals surface area contributed by atoms with Crippen molar-refractivity contribution in [1.29, 1.82) is 0 Å². The molecular weight excluding hydrogens is 314 g/mol. The van der Waals surface area contributed by atoms with E-state index in [0.29, 0.717) is 23.8 Å². The maximum absolute atomic E-state index is 12.5. The number of rotatable bonds is 4. The minimum atomic E-state index is -3.23. The highest BCUT2D eigenvalue weighted by Crippen LogP contribution is 2.30. The molecule has 2 fully saturated rings. The number of ether oxygens (including phenoxy) is 1. The number of carbonyl (C=O) groups excluding carboxylic acids is 1. The Labute approximate surface area is 137 Å². The molecule has 1 saturated carbocycles. The van der Waals surface area contributed by atoms with Gasteiger partial charge in [-0.2, -0.15) is 0 Å². The number of carbonyl (C=O) groups is 1. The van der Waals surface area contributed by atoms with Gasteiger partial charge in [-0.3, -0.25) is 4.79 Å². The Balaban J connectivity index is 1.66. The summed E-state index contributed by atoms with van der Waals surface area (Å²) >= 11 is 0. The predicted octanol–water partition coefficient (Wildman–Crippen LogP) is 2.77. The van der Waals surface area contributed by atoms with Gasteiger partial charge in [0.15, 0.2) is 9.84 Å². The zero-order valence-electron chi connectivity index (χ0n) is 13.2. The van der Waals surface area contributed by atoms with E-state index in [9.17, 15) is 13.2 Å². The standard InChI is InChI=1S/C17H23NO4S/c19-17(13-9-11-22-12-10-13)18-14-5-7-16(8-6-14)23(20,21)15-3-1-2-4-15/h5-8,13,15H,1-4,9-12H2,(H,18,19). The fourth-order valence-corrected chi connectivity index (χ4v) is 5.18. The third-order valence-corrected chi connectivity index (χ3v) is 7.06. The Bertz CT molecular complexity index is 642. The van der Waals surface area contributed by atoms with Crippen molar-refractivity contribution in [2.75, 3.05) is 18.5 Å². The maximum Gasteiger partial charge on any atom is 0.227 e. The van der Waals surface area contributed by atoms with Crippen molar-refractivity contribution in [2.24, 2.45) is 5.92 Å². The molecule has 2 aliphatic rings. The number of nitrogens with one attached hydrogen (secondary N) is 1. The highest BCUT2D eigenvalue weighted by Gasteiger charge is 2.30. The number of hydrogen-bond donors (Lipinski definition) is 1. The first kappa shape index (κ1) is 16.5. The van der Waals surface area contributed by atoms with Gasteiger partial charge < -0.3 is 10.1 Å². The van der Waals surface area contributed by atoms with Gasteiger partial charge in [-0.15, -0.1) is 0 Å². The van der Waals surface area contributed by atoms with Crippen molar-refractivity contribution in [3.8, 4) is 0 Å². The average molecular weight is 337 g/mol. The summed E-state index contributed by atoms with van der Waals surface area (Å²) in [6.45, 7) is 1.24. The Kier molecular flexibility index (Phi) is 5.02. The van der Waals surface area contributed by atoms with Crippen LogP contribution in [0.3, 0.4) is 0 Å². The number of amides is 1. The summed E-state index contributed by atoms with van der Waals surface area (Å²) in [5, 5.41) is 2.63. The van der Waals surface area contributed by atoms with Gasteiger partial charge in [-0.1, -0.05) is 12.8 Å². The smallest absolute Gasteiger partial charge is 0.227 e. The molecule has 1 amide bonds. The largest absolute Gasteiger partial charge is 0.381 e. The fourth-order valence-electron chi connectivity index (χ4n) is 3.32. The molecule has 1 aromatic carbocycles. The minimum Gasteiger partial charge on any atom is -0.381 e. The normalized spacial score (nSPS) is 20.5. The van der Waals surface area contributed by atoms with Crippen molar-refractivity contribution in [1.82, 2.24) is 0 Å². The summed E-state index contributed by atoms with van der Waals surface area (Å²) in [4.78, 5) is 12.5. The second-order valence-electron chi connectivity index (χ2n) is 6.35. The summed E-state index contributed by atoms with van der Waals surface area (Å²) in [6.07, 6.45) is 4.96. The van der Waals surface area contributed by atoms with Crippen molar-refractivity contribution in [3.63, 3.8) is 0 Å². The molecule has 0 radical (unpaired) electrons. The molecule has 1 N–H and O–H groups in total. The van der Waals surface area contributed by atoms with E-state index in [2.05, 4.69) is 5.32 Å². The first-order chi connectivity index (χ1) is 11.1. The van der Waals surface area contributed by atoms with Crippen LogP contribution in [0.1, 0.15) is 38.5 Å². The molecule has 0 bridgehead atoms. The van der Waals surface area contributed by atoms with E-state index < -0.39 is 9.84 Å². The molecule has 1 aliphatic heterocycles. The monoisotopic (exact) mass is 337 g/mol. The van der Waals surface area contributed by atoms with Gasteiger partial charge in [0, 0.05) is 24.8 Å². The average Bonchev–Trinajstić information content (AvgIpc) is 3.11. The third kappa shape index (κ3) is 3.75. The van der Waals surface area contributed by atoms with Crippen LogP contribution in [0.25, 0.3) is 0 Å². The number of benzene rings is 1. The van der Waals surface area contributed by atoms with E-state index in [1.54, 1.807) is 24.3 Å². The van der Waals surface area contributed by atoms with Gasteiger partial charge in [0.1, 0.15) is 0 Å². The fraction of sp³-hybridized carbons (Fsp3) is 0.588. The highest BCUT2D eigenvalue weighted by molar-refractivity contribution is 7.92. The molecule has 0 atom stereocenters. The van der Waals surface area contributed by atoms with Crippen molar-refractivity contribution in [3.05, 3.63) is 24.3 Å². The minimum absolute atomic E-state index is 0.0142. The molecule has 0 aromatic heterocycles. The first-order valence-electron chi connectivity index (χ1n) is 8.30. The lowest BCUT2D eigenvalue weighted by Gasteiger charge is -2.21. The summed E-state index contributed by atoms with van der Waals surface area (Å²) in [7, 11) is -3.23. The first-order valence-corrected chi connectivity index (χ1v) is 9.84. The Morgan fingerprint density at radius 3 is 2.22 bits per heavy atom. The molecule has 0 unspecified atom stereocenters. The molecule has 126 valence electrons. The molecule has 0 spiro atoms. The van der Waals surface area contributed by atoms with E-state index in [-0.39, 0.29) is 17.1 Å². The van der Waals surface area contributed by atoms with Gasteiger partial charge in [-0.05, 0) is 49.9 Å². The Morgan fingerprint density at radius 2 is 1.61 bits per heavy atom. The third-order valence-electron chi connectivity index (χ3n) is 4.78. The van der Waals surface area contributed by atoms with Gasteiger partial charge in [0.05, 0.1) is 10.1 Å². The van der Waals surface area contributed by atoms with Gasteiger partial charge in [-0.25, -0.2) is 8.42 Å². The predicted molar refractivity (Wildman–Crippen MR) is 88.1 cm³/mol. The number of anilines is 1. The second-order valence-corrected chi connectivity index (χ2v) is 8.58. The highest BCUT2D eigenvalue weighted by atomic mass is 32.2. The van der Waals surface area contributed by atoms with Gasteiger partial charge in [0.2, 0.25) is 5.91 Å². The quantitative estimate of drug-likeness (QED) is 0.917. The van der Waals surface area contributed by atoms with E-state index in [4.69, 9.17) is 4.74 Å². The van der Waals surface area contributed by atoms with Crippen LogP contribution < -0.4 is 5.32 Å². The van der Waals surface area contributed by atoms with Crippen LogP contribution in [0, 0.1) is 5.92 Å². The number of hydrogen-bond acceptors (Lipinski definition) is 4. The topological polar surface area (TPSA) is 72.5 Å². The van der Waals surface area contributed by atoms with Crippen LogP contribution in [0.2, 0.25) is 0 Å². The maximum atomic E-state index is 12.5. The van der Waals surface area contributed by atoms with E-state index in [0.717, 1.165) is 38.5 Å². The Hall–Kier alpha value is -1.40. The summed E-state index contributed by atoms with van der Waals surface area (Å²) in [5.41, 5.74) is 0.645. The molecule has 23 heavy (non-hydrogen) atoms. The molecular formula is C17H23NO4S. The molecule has 1 heterocycles. The van der Waals surface area contributed by atoms with E-state index in [1.807, 2.05) is 0 Å². The lowest BCUT2D eigenvalue weighted by atomic mass is 9.99. The lowest BCUT2D eigenvalue weighted by Crippen LogP contribution is -2.28. The van der Waals surface area contributed by atoms with Crippen LogP contribution in [0.5, 0.6) is 0 Å². The van der Waals surface area contributed by atoms with Crippen LogP contribution in [0.15, 0.2) is 29.2 Å². The lowest BCUT2D eigenvalue weighted by molar-refractivity contribution is -0.122. The summed E-state index contributed by atoms with van der Waals surface area (Å²) < 4.78 is 30.3. The Morgan fingerprint density at radius 1 is 1.00 bits per heavy atom. The van der Waals surface area contributed by atoms with Crippen LogP contribution in [-0.4, -0.2) is 32.8 Å². The van der Waals surface area contributed by atoms with Crippen LogP contribution in [0.4, 0.5) is 5.69 Å². The van der Waals surface area contributed by atoms with E-state index in [1.165, 1.54) is 0 Å². The molecule has 1 saturated heterocycles. The molecule has 3 rings (SSSR count). The van der Waals surface area contributed by atoms with E-state index >= 15 is 0 Å². The molecule has 1 aromatic rings. The van der Waals surface area contributed by atoms with Gasteiger partial charge >= 0.3 is 0 Å². The van der Waals surface area contributed by atoms with Crippen molar-refractivity contribution >= 4 is 21.4 Å². The van der Waals surface area contributed by atoms with Crippen molar-refractivity contribution < 1.29 is 17.9 Å². The molecule has 6 heteroatoms. The van der Waals surface area contributed by atoms with Crippen LogP contribution >= 0.6 is 0 Å². The SMILES string of the molecule is O=C(Nc1ccc(S(=O)(=O)C2CCCC2)cc1)C1CCOCC1. The summed E-state index contributed by atoms with van der Waals surface area (Å²) in [6, 6.07) is 6.57. The van der Waals surface area contributed by atoms with Crippen molar-refractivity contribution in [2.45, 2.75) is 48.7 Å². The van der Waals surface area contributed by atoms with Gasteiger partial charge in [0.25, 0.3) is 0 Å².